The van der Waals surface area contributed by atoms with E-state index in [9.17, 15) is 14.4 Å². The fraction of sp³-hybridized carbons (Fsp3) is 0.179. The molecule has 0 fully saturated rings. The molecule has 178 valence electrons. The largest absolute Gasteiger partial charge is 0.290 e. The van der Waals surface area contributed by atoms with Gasteiger partial charge < -0.3 is 0 Å². The number of carbonyl (C=O) groups excluding carboxylic acids is 2. The van der Waals surface area contributed by atoms with Crippen LogP contribution >= 0.6 is 11.6 Å². The molecule has 0 aliphatic rings. The summed E-state index contributed by atoms with van der Waals surface area (Å²) in [5.74, 6) is -0.791. The number of benzene rings is 3. The molecular formula is C28H26ClN3O3. The number of hydrogen-bond acceptors (Lipinski definition) is 3. The van der Waals surface area contributed by atoms with E-state index in [1.165, 1.54) is 9.58 Å². The number of amides is 2. The first-order chi connectivity index (χ1) is 16.9. The number of aromatic amines is 1. The van der Waals surface area contributed by atoms with Crippen LogP contribution in [0.4, 0.5) is 0 Å². The quantitative estimate of drug-likeness (QED) is 0.378. The molecule has 35 heavy (non-hydrogen) atoms. The van der Waals surface area contributed by atoms with Crippen molar-refractivity contribution in [2.75, 3.05) is 6.54 Å². The highest BCUT2D eigenvalue weighted by Crippen LogP contribution is 2.22. The van der Waals surface area contributed by atoms with E-state index in [0.717, 1.165) is 11.1 Å². The molecule has 0 unspecified atom stereocenters. The predicted molar refractivity (Wildman–Crippen MR) is 138 cm³/mol. The van der Waals surface area contributed by atoms with Gasteiger partial charge in [-0.15, -0.1) is 0 Å². The number of nitrogens with zero attached hydrogens (tertiary/aromatic N) is 2. The second-order valence-corrected chi connectivity index (χ2v) is 8.78. The van der Waals surface area contributed by atoms with Gasteiger partial charge in [-0.05, 0) is 55.3 Å². The van der Waals surface area contributed by atoms with Gasteiger partial charge in [-0.25, -0.2) is 4.68 Å². The summed E-state index contributed by atoms with van der Waals surface area (Å²) in [5, 5.41) is 3.70. The fourth-order valence-electron chi connectivity index (χ4n) is 3.91. The third-order valence-corrected chi connectivity index (χ3v) is 6.01. The molecule has 1 heterocycles. The zero-order chi connectivity index (χ0) is 24.9. The highest BCUT2D eigenvalue weighted by atomic mass is 35.5. The highest BCUT2D eigenvalue weighted by Gasteiger charge is 2.26. The molecule has 0 saturated carbocycles. The number of carbonyl (C=O) groups is 2. The third kappa shape index (κ3) is 5.28. The first kappa shape index (κ1) is 24.2. The number of aryl methyl sites for hydroxylation is 1. The summed E-state index contributed by atoms with van der Waals surface area (Å²) < 4.78 is 1.40. The molecular weight excluding hydrogens is 462 g/mol. The van der Waals surface area contributed by atoms with Crippen LogP contribution in [-0.2, 0) is 11.2 Å². The number of aromatic nitrogens is 2. The zero-order valence-electron chi connectivity index (χ0n) is 19.6. The van der Waals surface area contributed by atoms with Crippen LogP contribution in [-0.4, -0.2) is 33.0 Å². The van der Waals surface area contributed by atoms with Gasteiger partial charge in [0.25, 0.3) is 11.5 Å². The van der Waals surface area contributed by atoms with Crippen LogP contribution in [0.25, 0.3) is 16.9 Å². The normalized spacial score (nSPS) is 10.8. The van der Waals surface area contributed by atoms with Gasteiger partial charge in [-0.1, -0.05) is 66.6 Å². The molecule has 7 heteroatoms. The van der Waals surface area contributed by atoms with Crippen LogP contribution in [0.2, 0.25) is 5.02 Å². The van der Waals surface area contributed by atoms with Crippen molar-refractivity contribution in [2.24, 2.45) is 0 Å². The van der Waals surface area contributed by atoms with E-state index in [1.807, 2.05) is 56.3 Å². The molecule has 3 aromatic carbocycles. The van der Waals surface area contributed by atoms with Crippen LogP contribution in [0.1, 0.15) is 34.8 Å². The minimum atomic E-state index is -0.422. The number of H-pyrrole nitrogens is 1. The molecule has 0 saturated heterocycles. The molecule has 2 amide bonds. The van der Waals surface area contributed by atoms with Crippen molar-refractivity contribution in [3.05, 3.63) is 111 Å². The third-order valence-electron chi connectivity index (χ3n) is 5.75. The number of halogens is 1. The molecule has 0 bridgehead atoms. The van der Waals surface area contributed by atoms with Crippen molar-refractivity contribution in [1.29, 1.82) is 0 Å². The van der Waals surface area contributed by atoms with Crippen molar-refractivity contribution in [3.63, 3.8) is 0 Å². The number of nitrogens with one attached hydrogen (secondary N) is 1. The second kappa shape index (κ2) is 10.6. The van der Waals surface area contributed by atoms with Gasteiger partial charge in [0.05, 0.1) is 23.4 Å². The van der Waals surface area contributed by atoms with E-state index in [-0.39, 0.29) is 24.4 Å². The van der Waals surface area contributed by atoms with Gasteiger partial charge >= 0.3 is 0 Å². The summed E-state index contributed by atoms with van der Waals surface area (Å²) >= 11 is 6.01. The SMILES string of the molecule is CCCN(C(=O)Cc1c(-c2ccccc2)[nH]n(-c2ccc(Cl)cc2)c1=O)C(=O)c1ccc(C)cc1. The zero-order valence-corrected chi connectivity index (χ0v) is 20.4. The van der Waals surface area contributed by atoms with Crippen molar-refractivity contribution >= 4 is 23.4 Å². The highest BCUT2D eigenvalue weighted by molar-refractivity contribution is 6.30. The average Bonchev–Trinajstić information content (AvgIpc) is 3.19. The molecule has 4 aromatic rings. The van der Waals surface area contributed by atoms with Crippen LogP contribution < -0.4 is 5.56 Å². The molecule has 0 radical (unpaired) electrons. The first-order valence-corrected chi connectivity index (χ1v) is 11.8. The number of rotatable bonds is 7. The van der Waals surface area contributed by atoms with Gasteiger partial charge in [0.15, 0.2) is 0 Å². The summed E-state index contributed by atoms with van der Waals surface area (Å²) in [7, 11) is 0. The van der Waals surface area contributed by atoms with E-state index < -0.39 is 5.91 Å². The lowest BCUT2D eigenvalue weighted by Crippen LogP contribution is -2.39. The smallest absolute Gasteiger partial charge is 0.275 e. The van der Waals surface area contributed by atoms with Crippen molar-refractivity contribution in [1.82, 2.24) is 14.7 Å². The Morgan fingerprint density at radius 2 is 1.60 bits per heavy atom. The first-order valence-electron chi connectivity index (χ1n) is 11.5. The Bertz CT molecular complexity index is 1390. The molecule has 1 aromatic heterocycles. The molecule has 0 aliphatic heterocycles. The lowest BCUT2D eigenvalue weighted by molar-refractivity contribution is -0.127. The Morgan fingerprint density at radius 3 is 2.23 bits per heavy atom. The second-order valence-electron chi connectivity index (χ2n) is 8.34. The Labute approximate surface area is 208 Å². The van der Waals surface area contributed by atoms with E-state index >= 15 is 0 Å². The van der Waals surface area contributed by atoms with Crippen LogP contribution in [0, 0.1) is 6.92 Å². The molecule has 1 N–H and O–H groups in total. The maximum absolute atomic E-state index is 13.5. The Morgan fingerprint density at radius 1 is 0.943 bits per heavy atom. The average molecular weight is 488 g/mol. The molecule has 6 nitrogen and oxygen atoms in total. The van der Waals surface area contributed by atoms with E-state index in [0.29, 0.717) is 34.0 Å². The van der Waals surface area contributed by atoms with E-state index in [4.69, 9.17) is 11.6 Å². The Balaban J connectivity index is 1.74. The van der Waals surface area contributed by atoms with Crippen LogP contribution in [0.5, 0.6) is 0 Å². The fourth-order valence-corrected chi connectivity index (χ4v) is 4.04. The summed E-state index contributed by atoms with van der Waals surface area (Å²) in [6, 6.07) is 23.3. The van der Waals surface area contributed by atoms with Crippen molar-refractivity contribution < 1.29 is 9.59 Å². The number of hydrogen-bond donors (Lipinski definition) is 1. The predicted octanol–water partition coefficient (Wildman–Crippen LogP) is 5.42. The molecule has 0 spiro atoms. The van der Waals surface area contributed by atoms with Crippen molar-refractivity contribution in [2.45, 2.75) is 26.7 Å². The summed E-state index contributed by atoms with van der Waals surface area (Å²) in [6.45, 7) is 4.11. The Kier molecular flexibility index (Phi) is 7.32. The summed E-state index contributed by atoms with van der Waals surface area (Å²) in [5.41, 5.74) is 3.32. The lowest BCUT2D eigenvalue weighted by Gasteiger charge is -2.20. The maximum Gasteiger partial charge on any atom is 0.275 e. The van der Waals surface area contributed by atoms with Gasteiger partial charge in [-0.3, -0.25) is 24.4 Å². The lowest BCUT2D eigenvalue weighted by atomic mass is 10.0. The van der Waals surface area contributed by atoms with Crippen LogP contribution in [0.3, 0.4) is 0 Å². The van der Waals surface area contributed by atoms with E-state index in [2.05, 4.69) is 5.10 Å². The minimum absolute atomic E-state index is 0.211. The minimum Gasteiger partial charge on any atom is -0.290 e. The van der Waals surface area contributed by atoms with Crippen LogP contribution in [0.15, 0.2) is 83.7 Å². The maximum atomic E-state index is 13.5. The van der Waals surface area contributed by atoms with Gasteiger partial charge in [0.2, 0.25) is 5.91 Å². The monoisotopic (exact) mass is 487 g/mol. The van der Waals surface area contributed by atoms with Crippen molar-refractivity contribution in [3.8, 4) is 16.9 Å². The topological polar surface area (TPSA) is 75.2 Å². The summed E-state index contributed by atoms with van der Waals surface area (Å²) in [6.07, 6.45) is 0.398. The molecule has 4 rings (SSSR count). The Hall–Kier alpha value is -3.90. The summed E-state index contributed by atoms with van der Waals surface area (Å²) in [4.78, 5) is 41.3. The van der Waals surface area contributed by atoms with Gasteiger partial charge in [0.1, 0.15) is 0 Å². The molecule has 0 aliphatic carbocycles. The standard InChI is InChI=1S/C28H26ClN3O3/c1-3-17-31(27(34)21-11-9-19(2)10-12-21)25(33)18-24-26(20-7-5-4-6-8-20)30-32(28(24)35)23-15-13-22(29)14-16-23/h4-16,30H,3,17-18H2,1-2H3. The molecule has 0 atom stereocenters. The van der Waals surface area contributed by atoms with Gasteiger partial charge in [-0.2, -0.15) is 0 Å². The van der Waals surface area contributed by atoms with Gasteiger partial charge in [0, 0.05) is 17.1 Å². The number of imide groups is 1. The van der Waals surface area contributed by atoms with E-state index in [1.54, 1.807) is 36.4 Å².